The van der Waals surface area contributed by atoms with E-state index in [-0.39, 0.29) is 5.97 Å². The van der Waals surface area contributed by atoms with Gasteiger partial charge in [0.25, 0.3) is 0 Å². The van der Waals surface area contributed by atoms with E-state index in [4.69, 9.17) is 23.7 Å². The molecule has 0 radical (unpaired) electrons. The number of carbonyl (C=O) groups is 1. The molecule has 0 aliphatic carbocycles. The van der Waals surface area contributed by atoms with Crippen molar-refractivity contribution >= 4 is 5.97 Å². The lowest BCUT2D eigenvalue weighted by Crippen LogP contribution is -2.12. The van der Waals surface area contributed by atoms with Gasteiger partial charge in [0.15, 0.2) is 0 Å². The molecule has 228 valence electrons. The molecular weight excluding hydrogens is 480 g/mol. The standard InChI is InChI=1S/C32H64O6/c1-4-5-22-34-25-27-36-29-30-37-28-26-35-23-19-21-32(33)38-24-18-16-14-12-10-8-6-7-9-11-13-15-17-20-31(2)3/h31H,4-30H2,1-3H3. The van der Waals surface area contributed by atoms with Crippen LogP contribution in [0.5, 0.6) is 0 Å². The Kier molecular flexibility index (Phi) is 31.9. The smallest absolute Gasteiger partial charge is 0.305 e. The molecule has 0 bridgehead atoms. The first-order valence-corrected chi connectivity index (χ1v) is 16.1. The minimum absolute atomic E-state index is 0.111. The maximum Gasteiger partial charge on any atom is 0.305 e. The Hall–Kier alpha value is -0.690. The lowest BCUT2D eigenvalue weighted by molar-refractivity contribution is -0.144. The summed E-state index contributed by atoms with van der Waals surface area (Å²) < 4.78 is 27.2. The van der Waals surface area contributed by atoms with Crippen molar-refractivity contribution in [2.75, 3.05) is 59.5 Å². The number of ether oxygens (including phenoxy) is 5. The number of esters is 1. The molecular formula is C32H64O6. The Bertz CT molecular complexity index is 457. The van der Waals surface area contributed by atoms with Gasteiger partial charge < -0.3 is 23.7 Å². The van der Waals surface area contributed by atoms with Crippen LogP contribution >= 0.6 is 0 Å². The lowest BCUT2D eigenvalue weighted by Gasteiger charge is -2.08. The van der Waals surface area contributed by atoms with E-state index >= 15 is 0 Å². The molecule has 0 spiro atoms. The maximum absolute atomic E-state index is 11.8. The van der Waals surface area contributed by atoms with Crippen LogP contribution in [0.2, 0.25) is 0 Å². The highest BCUT2D eigenvalue weighted by molar-refractivity contribution is 5.69. The summed E-state index contributed by atoms with van der Waals surface area (Å²) in [7, 11) is 0. The molecule has 0 unspecified atom stereocenters. The van der Waals surface area contributed by atoms with Gasteiger partial charge in [0.05, 0.1) is 46.2 Å². The predicted octanol–water partition coefficient (Wildman–Crippen LogP) is 8.29. The topological polar surface area (TPSA) is 63.2 Å². The van der Waals surface area contributed by atoms with Crippen LogP contribution in [-0.2, 0) is 28.5 Å². The van der Waals surface area contributed by atoms with Crippen LogP contribution in [0.3, 0.4) is 0 Å². The van der Waals surface area contributed by atoms with Gasteiger partial charge in [-0.1, -0.05) is 111 Å². The molecule has 0 amide bonds. The molecule has 0 N–H and O–H groups in total. The average molecular weight is 545 g/mol. The number of hydrogen-bond acceptors (Lipinski definition) is 6. The zero-order valence-corrected chi connectivity index (χ0v) is 25.6. The van der Waals surface area contributed by atoms with Gasteiger partial charge in [-0.2, -0.15) is 0 Å². The van der Waals surface area contributed by atoms with Crippen molar-refractivity contribution < 1.29 is 28.5 Å². The summed E-state index contributed by atoms with van der Waals surface area (Å²) in [6, 6.07) is 0. The normalized spacial score (nSPS) is 11.5. The SMILES string of the molecule is CCCCOCCOCCOCCOCCCC(=O)OCCCCCCCCCCCCCCCC(C)C. The summed E-state index contributed by atoms with van der Waals surface area (Å²) in [5.41, 5.74) is 0. The van der Waals surface area contributed by atoms with Crippen molar-refractivity contribution in [3.63, 3.8) is 0 Å². The highest BCUT2D eigenvalue weighted by Gasteiger charge is 2.03. The van der Waals surface area contributed by atoms with Gasteiger partial charge in [-0.3, -0.25) is 4.79 Å². The van der Waals surface area contributed by atoms with Gasteiger partial charge in [-0.05, 0) is 25.2 Å². The van der Waals surface area contributed by atoms with Crippen molar-refractivity contribution in [1.82, 2.24) is 0 Å². The number of hydrogen-bond donors (Lipinski definition) is 0. The first-order chi connectivity index (χ1) is 18.7. The molecule has 0 aromatic rings. The molecule has 0 heterocycles. The fraction of sp³-hybridized carbons (Fsp3) is 0.969. The molecule has 0 saturated carbocycles. The van der Waals surface area contributed by atoms with E-state index < -0.39 is 0 Å². The van der Waals surface area contributed by atoms with Crippen molar-refractivity contribution in [2.45, 2.75) is 136 Å². The Morgan fingerprint density at radius 2 is 0.868 bits per heavy atom. The largest absolute Gasteiger partial charge is 0.466 e. The monoisotopic (exact) mass is 544 g/mol. The minimum Gasteiger partial charge on any atom is -0.466 e. The second-order valence-electron chi connectivity index (χ2n) is 10.9. The first kappa shape index (κ1) is 37.3. The Balaban J connectivity index is 3.15. The van der Waals surface area contributed by atoms with Crippen LogP contribution in [0.25, 0.3) is 0 Å². The molecule has 0 aliphatic heterocycles. The number of rotatable bonds is 32. The van der Waals surface area contributed by atoms with Crippen molar-refractivity contribution in [3.05, 3.63) is 0 Å². The van der Waals surface area contributed by atoms with Crippen LogP contribution in [0.1, 0.15) is 136 Å². The highest BCUT2D eigenvalue weighted by atomic mass is 16.6. The molecule has 6 nitrogen and oxygen atoms in total. The molecule has 38 heavy (non-hydrogen) atoms. The Morgan fingerprint density at radius 3 is 1.32 bits per heavy atom. The second kappa shape index (κ2) is 32.5. The van der Waals surface area contributed by atoms with E-state index in [1.165, 1.54) is 77.0 Å². The van der Waals surface area contributed by atoms with E-state index in [9.17, 15) is 4.79 Å². The van der Waals surface area contributed by atoms with Gasteiger partial charge in [0.1, 0.15) is 0 Å². The minimum atomic E-state index is -0.111. The quantitative estimate of drug-likeness (QED) is 0.0627. The van der Waals surface area contributed by atoms with E-state index in [0.29, 0.717) is 65.7 Å². The molecule has 0 fully saturated rings. The third kappa shape index (κ3) is 33.3. The van der Waals surface area contributed by atoms with E-state index in [0.717, 1.165) is 38.2 Å². The van der Waals surface area contributed by atoms with Crippen molar-refractivity contribution in [3.8, 4) is 0 Å². The van der Waals surface area contributed by atoms with Gasteiger partial charge >= 0.3 is 5.97 Å². The first-order valence-electron chi connectivity index (χ1n) is 16.1. The molecule has 0 rings (SSSR count). The third-order valence-electron chi connectivity index (χ3n) is 6.62. The van der Waals surface area contributed by atoms with Crippen LogP contribution < -0.4 is 0 Å². The van der Waals surface area contributed by atoms with Crippen molar-refractivity contribution in [1.29, 1.82) is 0 Å². The number of unbranched alkanes of at least 4 members (excludes halogenated alkanes) is 13. The van der Waals surface area contributed by atoms with Crippen molar-refractivity contribution in [2.24, 2.45) is 5.92 Å². The highest BCUT2D eigenvalue weighted by Crippen LogP contribution is 2.14. The van der Waals surface area contributed by atoms with E-state index in [1.54, 1.807) is 0 Å². The zero-order chi connectivity index (χ0) is 27.8. The number of carbonyl (C=O) groups excluding carboxylic acids is 1. The van der Waals surface area contributed by atoms with E-state index in [2.05, 4.69) is 20.8 Å². The Morgan fingerprint density at radius 1 is 0.474 bits per heavy atom. The van der Waals surface area contributed by atoms with Gasteiger partial charge in [-0.25, -0.2) is 0 Å². The molecule has 0 atom stereocenters. The van der Waals surface area contributed by atoms with Gasteiger partial charge in [0.2, 0.25) is 0 Å². The van der Waals surface area contributed by atoms with Gasteiger partial charge in [-0.15, -0.1) is 0 Å². The van der Waals surface area contributed by atoms with Crippen LogP contribution in [0.4, 0.5) is 0 Å². The second-order valence-corrected chi connectivity index (χ2v) is 10.9. The zero-order valence-electron chi connectivity index (χ0n) is 25.6. The maximum atomic E-state index is 11.8. The molecule has 0 aliphatic rings. The summed E-state index contributed by atoms with van der Waals surface area (Å²) in [6.45, 7) is 12.2. The third-order valence-corrected chi connectivity index (χ3v) is 6.62. The summed E-state index contributed by atoms with van der Waals surface area (Å²) in [5.74, 6) is 0.751. The van der Waals surface area contributed by atoms with Gasteiger partial charge in [0, 0.05) is 19.6 Å². The molecule has 0 aromatic carbocycles. The fourth-order valence-electron chi connectivity index (χ4n) is 4.18. The average Bonchev–Trinajstić information content (AvgIpc) is 2.90. The van der Waals surface area contributed by atoms with Crippen LogP contribution in [0.15, 0.2) is 0 Å². The summed E-state index contributed by atoms with van der Waals surface area (Å²) in [6.07, 6.45) is 22.1. The summed E-state index contributed by atoms with van der Waals surface area (Å²) in [4.78, 5) is 11.8. The molecule has 0 aromatic heterocycles. The summed E-state index contributed by atoms with van der Waals surface area (Å²) >= 11 is 0. The van der Waals surface area contributed by atoms with E-state index in [1.807, 2.05) is 0 Å². The molecule has 6 heteroatoms. The summed E-state index contributed by atoms with van der Waals surface area (Å²) in [5, 5.41) is 0. The van der Waals surface area contributed by atoms with Crippen LogP contribution in [0, 0.1) is 5.92 Å². The molecule has 0 saturated heterocycles. The lowest BCUT2D eigenvalue weighted by atomic mass is 10.0. The Labute approximate surface area is 236 Å². The fourth-order valence-corrected chi connectivity index (χ4v) is 4.18. The predicted molar refractivity (Wildman–Crippen MR) is 158 cm³/mol. The van der Waals surface area contributed by atoms with Crippen LogP contribution in [-0.4, -0.2) is 65.4 Å².